The van der Waals surface area contributed by atoms with Gasteiger partial charge in [0, 0.05) is 6.54 Å². The smallest absolute Gasteiger partial charge is 0.120 e. The number of hydrogen-bond acceptors (Lipinski definition) is 3. The first-order valence-electron chi connectivity index (χ1n) is 5.10. The van der Waals surface area contributed by atoms with Crippen LogP contribution in [0.25, 0.3) is 10.8 Å². The van der Waals surface area contributed by atoms with Crippen LogP contribution in [0.1, 0.15) is 5.56 Å². The summed E-state index contributed by atoms with van der Waals surface area (Å²) < 4.78 is 5.43. The van der Waals surface area contributed by atoms with Crippen molar-refractivity contribution in [3.63, 3.8) is 0 Å². The predicted molar refractivity (Wildman–Crippen MR) is 63.2 cm³/mol. The van der Waals surface area contributed by atoms with Gasteiger partial charge in [-0.2, -0.15) is 5.26 Å². The van der Waals surface area contributed by atoms with Gasteiger partial charge in [-0.05, 0) is 35.0 Å². The van der Waals surface area contributed by atoms with Gasteiger partial charge in [0.1, 0.15) is 12.4 Å². The molecule has 2 aromatic carbocycles. The third-order valence-electron chi connectivity index (χ3n) is 2.33. The van der Waals surface area contributed by atoms with Crippen molar-refractivity contribution in [2.75, 3.05) is 13.2 Å². The van der Waals surface area contributed by atoms with Crippen molar-refractivity contribution in [2.24, 2.45) is 5.73 Å². The molecule has 0 saturated heterocycles. The maximum absolute atomic E-state index is 8.78. The molecule has 0 aliphatic rings. The molecule has 0 bridgehead atoms. The van der Waals surface area contributed by atoms with Crippen molar-refractivity contribution in [1.82, 2.24) is 0 Å². The molecule has 2 rings (SSSR count). The molecule has 0 amide bonds. The molecule has 2 N–H and O–H groups in total. The summed E-state index contributed by atoms with van der Waals surface area (Å²) in [6.07, 6.45) is 0. The number of rotatable bonds is 3. The SMILES string of the molecule is N#Cc1ccc2cc(OCCN)ccc2c1. The minimum absolute atomic E-state index is 0.505. The van der Waals surface area contributed by atoms with E-state index in [1.165, 1.54) is 0 Å². The fraction of sp³-hybridized carbons (Fsp3) is 0.154. The van der Waals surface area contributed by atoms with Crippen LogP contribution in [0.3, 0.4) is 0 Å². The molecule has 0 fully saturated rings. The highest BCUT2D eigenvalue weighted by Gasteiger charge is 1.98. The van der Waals surface area contributed by atoms with Crippen LogP contribution < -0.4 is 10.5 Å². The minimum Gasteiger partial charge on any atom is -0.492 e. The summed E-state index contributed by atoms with van der Waals surface area (Å²) in [6, 6.07) is 13.5. The van der Waals surface area contributed by atoms with Crippen LogP contribution in [-0.4, -0.2) is 13.2 Å². The Morgan fingerprint density at radius 3 is 2.62 bits per heavy atom. The molecule has 80 valence electrons. The molecule has 16 heavy (non-hydrogen) atoms. The molecule has 2 aromatic rings. The fourth-order valence-electron chi connectivity index (χ4n) is 1.56. The third kappa shape index (κ3) is 2.13. The van der Waals surface area contributed by atoms with Gasteiger partial charge in [-0.1, -0.05) is 12.1 Å². The van der Waals surface area contributed by atoms with E-state index in [0.717, 1.165) is 16.5 Å². The summed E-state index contributed by atoms with van der Waals surface area (Å²) in [5.74, 6) is 0.808. The largest absolute Gasteiger partial charge is 0.492 e. The maximum atomic E-state index is 8.78. The lowest BCUT2D eigenvalue weighted by Crippen LogP contribution is -2.10. The van der Waals surface area contributed by atoms with E-state index in [-0.39, 0.29) is 0 Å². The Labute approximate surface area is 94.1 Å². The van der Waals surface area contributed by atoms with Crippen LogP contribution in [-0.2, 0) is 0 Å². The van der Waals surface area contributed by atoms with E-state index in [1.54, 1.807) is 6.07 Å². The average Bonchev–Trinajstić information content (AvgIpc) is 2.35. The minimum atomic E-state index is 0.505. The van der Waals surface area contributed by atoms with Gasteiger partial charge in [0.2, 0.25) is 0 Å². The van der Waals surface area contributed by atoms with Crippen LogP contribution in [0.4, 0.5) is 0 Å². The molecular formula is C13H12N2O. The first-order valence-corrected chi connectivity index (χ1v) is 5.10. The molecule has 0 heterocycles. The topological polar surface area (TPSA) is 59.0 Å². The van der Waals surface area contributed by atoms with Crippen molar-refractivity contribution in [3.8, 4) is 11.8 Å². The van der Waals surface area contributed by atoms with Crippen LogP contribution in [0, 0.1) is 11.3 Å². The zero-order valence-corrected chi connectivity index (χ0v) is 8.81. The summed E-state index contributed by atoms with van der Waals surface area (Å²) >= 11 is 0. The molecule has 0 atom stereocenters. The Balaban J connectivity index is 2.37. The lowest BCUT2D eigenvalue weighted by atomic mass is 10.1. The Morgan fingerprint density at radius 2 is 1.88 bits per heavy atom. The second kappa shape index (κ2) is 4.65. The van der Waals surface area contributed by atoms with Crippen molar-refractivity contribution in [2.45, 2.75) is 0 Å². The third-order valence-corrected chi connectivity index (χ3v) is 2.33. The second-order valence-corrected chi connectivity index (χ2v) is 3.47. The Bertz CT molecular complexity index is 543. The van der Waals surface area contributed by atoms with Crippen molar-refractivity contribution in [3.05, 3.63) is 42.0 Å². The number of nitrogens with zero attached hydrogens (tertiary/aromatic N) is 1. The first-order chi connectivity index (χ1) is 7.83. The molecule has 0 aliphatic heterocycles. The maximum Gasteiger partial charge on any atom is 0.120 e. The number of nitriles is 1. The lowest BCUT2D eigenvalue weighted by molar-refractivity contribution is 0.329. The zero-order chi connectivity index (χ0) is 11.4. The van der Waals surface area contributed by atoms with Crippen LogP contribution in [0.2, 0.25) is 0 Å². The molecule has 3 heteroatoms. The van der Waals surface area contributed by atoms with Crippen LogP contribution in [0.15, 0.2) is 36.4 Å². The molecule has 3 nitrogen and oxygen atoms in total. The monoisotopic (exact) mass is 212 g/mol. The number of benzene rings is 2. The van der Waals surface area contributed by atoms with E-state index in [9.17, 15) is 0 Å². The zero-order valence-electron chi connectivity index (χ0n) is 8.81. The number of hydrogen-bond donors (Lipinski definition) is 1. The highest BCUT2D eigenvalue weighted by molar-refractivity contribution is 5.85. The van der Waals surface area contributed by atoms with Gasteiger partial charge in [-0.3, -0.25) is 0 Å². The van der Waals surface area contributed by atoms with Gasteiger partial charge in [0.25, 0.3) is 0 Å². The Hall–Kier alpha value is -2.05. The van der Waals surface area contributed by atoms with E-state index in [4.69, 9.17) is 15.7 Å². The summed E-state index contributed by atoms with van der Waals surface area (Å²) in [4.78, 5) is 0. The molecule has 0 unspecified atom stereocenters. The summed E-state index contributed by atoms with van der Waals surface area (Å²) in [5, 5.41) is 10.9. The van der Waals surface area contributed by atoms with Crippen molar-refractivity contribution >= 4 is 10.8 Å². The van der Waals surface area contributed by atoms with E-state index in [1.807, 2.05) is 30.3 Å². The predicted octanol–water partition coefficient (Wildman–Crippen LogP) is 2.05. The second-order valence-electron chi connectivity index (χ2n) is 3.47. The molecule has 0 saturated carbocycles. The fourth-order valence-corrected chi connectivity index (χ4v) is 1.56. The highest BCUT2D eigenvalue weighted by atomic mass is 16.5. The number of fused-ring (bicyclic) bond motifs is 1. The first kappa shape index (κ1) is 10.5. The molecule has 0 aromatic heterocycles. The summed E-state index contributed by atoms with van der Waals surface area (Å²) in [5.41, 5.74) is 6.04. The van der Waals surface area contributed by atoms with Crippen molar-refractivity contribution in [1.29, 1.82) is 5.26 Å². The summed E-state index contributed by atoms with van der Waals surface area (Å²) in [6.45, 7) is 1.02. The average molecular weight is 212 g/mol. The molecular weight excluding hydrogens is 200 g/mol. The van der Waals surface area contributed by atoms with E-state index in [2.05, 4.69) is 6.07 Å². The lowest BCUT2D eigenvalue weighted by Gasteiger charge is -2.05. The van der Waals surface area contributed by atoms with Crippen LogP contribution >= 0.6 is 0 Å². The summed E-state index contributed by atoms with van der Waals surface area (Å²) in [7, 11) is 0. The van der Waals surface area contributed by atoms with Gasteiger partial charge in [0.15, 0.2) is 0 Å². The van der Waals surface area contributed by atoms with E-state index < -0.39 is 0 Å². The Morgan fingerprint density at radius 1 is 1.12 bits per heavy atom. The highest BCUT2D eigenvalue weighted by Crippen LogP contribution is 2.21. The molecule has 0 aliphatic carbocycles. The normalized spacial score (nSPS) is 10.0. The van der Waals surface area contributed by atoms with Crippen molar-refractivity contribution < 1.29 is 4.74 Å². The van der Waals surface area contributed by atoms with Gasteiger partial charge < -0.3 is 10.5 Å². The Kier molecular flexibility index (Phi) is 3.04. The van der Waals surface area contributed by atoms with Gasteiger partial charge in [-0.15, -0.1) is 0 Å². The molecule has 0 radical (unpaired) electrons. The van der Waals surface area contributed by atoms with Gasteiger partial charge in [0.05, 0.1) is 11.6 Å². The van der Waals surface area contributed by atoms with Gasteiger partial charge in [-0.25, -0.2) is 0 Å². The van der Waals surface area contributed by atoms with E-state index >= 15 is 0 Å². The van der Waals surface area contributed by atoms with E-state index in [0.29, 0.717) is 18.7 Å². The van der Waals surface area contributed by atoms with Crippen LogP contribution in [0.5, 0.6) is 5.75 Å². The van der Waals surface area contributed by atoms with Gasteiger partial charge >= 0.3 is 0 Å². The standard InChI is InChI=1S/C13H12N2O/c14-5-6-16-13-4-3-11-7-10(9-15)1-2-12(11)8-13/h1-4,7-8H,5-6,14H2. The number of nitrogens with two attached hydrogens (primary N) is 1. The number of ether oxygens (including phenoxy) is 1. The molecule has 0 spiro atoms. The quantitative estimate of drug-likeness (QED) is 0.847.